The number of ether oxygens (including phenoxy) is 1. The van der Waals surface area contributed by atoms with Crippen molar-refractivity contribution in [1.29, 1.82) is 0 Å². The van der Waals surface area contributed by atoms with Crippen molar-refractivity contribution in [1.82, 2.24) is 14.7 Å². The molecule has 0 bridgehead atoms. The number of aromatic nitrogens is 2. The van der Waals surface area contributed by atoms with E-state index in [0.717, 1.165) is 30.1 Å². The maximum atomic E-state index is 5.86. The van der Waals surface area contributed by atoms with Gasteiger partial charge in [-0.15, -0.1) is 11.3 Å². The van der Waals surface area contributed by atoms with Crippen molar-refractivity contribution in [3.05, 3.63) is 23.5 Å². The van der Waals surface area contributed by atoms with E-state index < -0.39 is 0 Å². The normalized spacial score (nSPS) is 22.4. The number of hydrogen-bond acceptors (Lipinski definition) is 4. The van der Waals surface area contributed by atoms with Crippen molar-refractivity contribution < 1.29 is 4.74 Å². The van der Waals surface area contributed by atoms with Crippen LogP contribution >= 0.6 is 11.3 Å². The average molecular weight is 265 g/mol. The van der Waals surface area contributed by atoms with E-state index in [-0.39, 0.29) is 0 Å². The number of thiazole rings is 1. The first kappa shape index (κ1) is 12.1. The summed E-state index contributed by atoms with van der Waals surface area (Å²) in [6.07, 6.45) is 9.10. The fourth-order valence-corrected chi connectivity index (χ4v) is 3.32. The van der Waals surface area contributed by atoms with Gasteiger partial charge in [0, 0.05) is 36.8 Å². The van der Waals surface area contributed by atoms with Crippen LogP contribution in [0.5, 0.6) is 0 Å². The van der Waals surface area contributed by atoms with Gasteiger partial charge >= 0.3 is 0 Å². The van der Waals surface area contributed by atoms with Crippen LogP contribution in [-0.2, 0) is 11.2 Å². The molecule has 3 rings (SSSR count). The fourth-order valence-electron chi connectivity index (χ4n) is 2.60. The first-order chi connectivity index (χ1) is 8.86. The third-order valence-corrected chi connectivity index (χ3v) is 4.38. The second kappa shape index (κ2) is 5.38. The second-order valence-corrected chi connectivity index (χ2v) is 5.70. The SMILES string of the molecule is CNC(Cc1cn2ccsc2n1)C1CCCCO1. The van der Waals surface area contributed by atoms with Crippen LogP contribution in [0.1, 0.15) is 25.0 Å². The third-order valence-electron chi connectivity index (χ3n) is 3.61. The maximum Gasteiger partial charge on any atom is 0.193 e. The zero-order valence-electron chi connectivity index (χ0n) is 10.6. The smallest absolute Gasteiger partial charge is 0.193 e. The number of nitrogens with zero attached hydrogens (tertiary/aromatic N) is 2. The summed E-state index contributed by atoms with van der Waals surface area (Å²) < 4.78 is 7.96. The van der Waals surface area contributed by atoms with Gasteiger partial charge in [0.2, 0.25) is 0 Å². The van der Waals surface area contributed by atoms with Gasteiger partial charge in [0.15, 0.2) is 4.96 Å². The molecule has 2 aromatic rings. The molecule has 0 aliphatic carbocycles. The summed E-state index contributed by atoms with van der Waals surface area (Å²) in [7, 11) is 2.01. The molecular weight excluding hydrogens is 246 g/mol. The van der Waals surface area contributed by atoms with Gasteiger partial charge in [-0.2, -0.15) is 0 Å². The molecule has 0 aromatic carbocycles. The van der Waals surface area contributed by atoms with Gasteiger partial charge < -0.3 is 10.1 Å². The highest BCUT2D eigenvalue weighted by Crippen LogP contribution is 2.19. The van der Waals surface area contributed by atoms with Crippen LogP contribution in [0, 0.1) is 0 Å². The van der Waals surface area contributed by atoms with Crippen LogP contribution in [0.3, 0.4) is 0 Å². The fraction of sp³-hybridized carbons (Fsp3) is 0.615. The van der Waals surface area contributed by atoms with E-state index in [4.69, 9.17) is 4.74 Å². The van der Waals surface area contributed by atoms with Crippen molar-refractivity contribution in [2.45, 2.75) is 37.8 Å². The van der Waals surface area contributed by atoms with Gasteiger partial charge in [0.1, 0.15) is 0 Å². The zero-order valence-corrected chi connectivity index (χ0v) is 11.4. The third kappa shape index (κ3) is 2.43. The highest BCUT2D eigenvalue weighted by atomic mass is 32.1. The quantitative estimate of drug-likeness (QED) is 0.920. The minimum absolute atomic E-state index is 0.337. The van der Waals surface area contributed by atoms with Crippen molar-refractivity contribution in [2.75, 3.05) is 13.7 Å². The van der Waals surface area contributed by atoms with Crippen LogP contribution in [-0.4, -0.2) is 35.2 Å². The van der Waals surface area contributed by atoms with Crippen molar-refractivity contribution in [2.24, 2.45) is 0 Å². The Bertz CT molecular complexity index is 473. The first-order valence-corrected chi connectivity index (χ1v) is 7.45. The van der Waals surface area contributed by atoms with Gasteiger partial charge in [0.05, 0.1) is 11.8 Å². The molecule has 0 amide bonds. The summed E-state index contributed by atoms with van der Waals surface area (Å²) in [5.74, 6) is 0. The van der Waals surface area contributed by atoms with E-state index >= 15 is 0 Å². The number of fused-ring (bicyclic) bond motifs is 1. The van der Waals surface area contributed by atoms with E-state index in [1.54, 1.807) is 11.3 Å². The molecule has 5 heteroatoms. The summed E-state index contributed by atoms with van der Waals surface area (Å²) in [6, 6.07) is 0.370. The Morgan fingerprint density at radius 2 is 2.56 bits per heavy atom. The topological polar surface area (TPSA) is 38.6 Å². The predicted octanol–water partition coefficient (Wildman–Crippen LogP) is 2.10. The molecule has 18 heavy (non-hydrogen) atoms. The Balaban J connectivity index is 1.70. The van der Waals surface area contributed by atoms with Gasteiger partial charge in [0.25, 0.3) is 0 Å². The molecular formula is C13H19N3OS. The van der Waals surface area contributed by atoms with Gasteiger partial charge in [-0.05, 0) is 26.3 Å². The van der Waals surface area contributed by atoms with Crippen molar-refractivity contribution in [3.63, 3.8) is 0 Å². The zero-order chi connectivity index (χ0) is 12.4. The highest BCUT2D eigenvalue weighted by Gasteiger charge is 2.24. The van der Waals surface area contributed by atoms with Gasteiger partial charge in [-0.3, -0.25) is 4.40 Å². The first-order valence-electron chi connectivity index (χ1n) is 6.57. The van der Waals surface area contributed by atoms with Gasteiger partial charge in [-0.1, -0.05) is 0 Å². The lowest BCUT2D eigenvalue weighted by atomic mass is 9.99. The Morgan fingerprint density at radius 1 is 1.61 bits per heavy atom. The molecule has 1 fully saturated rings. The van der Waals surface area contributed by atoms with Crippen LogP contribution in [0.15, 0.2) is 17.8 Å². The van der Waals surface area contributed by atoms with E-state index in [2.05, 4.69) is 32.5 Å². The molecule has 1 N–H and O–H groups in total. The highest BCUT2D eigenvalue weighted by molar-refractivity contribution is 7.15. The minimum atomic E-state index is 0.337. The number of hydrogen-bond donors (Lipinski definition) is 1. The molecule has 1 saturated heterocycles. The number of nitrogens with one attached hydrogen (secondary N) is 1. The van der Waals surface area contributed by atoms with Crippen molar-refractivity contribution >= 4 is 16.3 Å². The van der Waals surface area contributed by atoms with Crippen LogP contribution in [0.4, 0.5) is 0 Å². The molecule has 2 aromatic heterocycles. The molecule has 0 radical (unpaired) electrons. The molecule has 2 unspecified atom stereocenters. The number of likely N-dealkylation sites (N-methyl/N-ethyl adjacent to an activating group) is 1. The summed E-state index contributed by atoms with van der Waals surface area (Å²) in [5.41, 5.74) is 1.15. The Morgan fingerprint density at radius 3 is 3.28 bits per heavy atom. The minimum Gasteiger partial charge on any atom is -0.377 e. The molecule has 3 heterocycles. The summed E-state index contributed by atoms with van der Waals surface area (Å²) in [4.78, 5) is 5.71. The monoisotopic (exact) mass is 265 g/mol. The Labute approximate surface area is 111 Å². The lowest BCUT2D eigenvalue weighted by Gasteiger charge is -2.29. The molecule has 0 saturated carbocycles. The van der Waals surface area contributed by atoms with Crippen LogP contribution in [0.25, 0.3) is 4.96 Å². The summed E-state index contributed by atoms with van der Waals surface area (Å²) in [5, 5.41) is 5.45. The molecule has 1 aliphatic heterocycles. The van der Waals surface area contributed by atoms with Crippen LogP contribution in [0.2, 0.25) is 0 Å². The molecule has 1 aliphatic rings. The lowest BCUT2D eigenvalue weighted by Crippen LogP contribution is -2.42. The maximum absolute atomic E-state index is 5.86. The summed E-state index contributed by atoms with van der Waals surface area (Å²) >= 11 is 1.68. The van der Waals surface area contributed by atoms with E-state index in [1.807, 2.05) is 7.05 Å². The molecule has 0 spiro atoms. The van der Waals surface area contributed by atoms with E-state index in [1.165, 1.54) is 12.8 Å². The van der Waals surface area contributed by atoms with Crippen molar-refractivity contribution in [3.8, 4) is 0 Å². The average Bonchev–Trinajstić information content (AvgIpc) is 2.97. The number of rotatable bonds is 4. The summed E-state index contributed by atoms with van der Waals surface area (Å²) in [6.45, 7) is 0.904. The number of imidazole rings is 1. The Hall–Kier alpha value is -0.910. The largest absolute Gasteiger partial charge is 0.377 e. The molecule has 4 nitrogen and oxygen atoms in total. The lowest BCUT2D eigenvalue weighted by molar-refractivity contribution is -0.00603. The second-order valence-electron chi connectivity index (χ2n) is 4.83. The van der Waals surface area contributed by atoms with Crippen LogP contribution < -0.4 is 5.32 Å². The standard InChI is InChI=1S/C13H19N3OS/c1-14-11(12-4-2-3-6-17-12)8-10-9-16-5-7-18-13(16)15-10/h5,7,9,11-12,14H,2-4,6,8H2,1H3. The van der Waals surface area contributed by atoms with E-state index in [9.17, 15) is 0 Å². The van der Waals surface area contributed by atoms with E-state index in [0.29, 0.717) is 12.1 Å². The molecule has 2 atom stereocenters. The van der Waals surface area contributed by atoms with Gasteiger partial charge in [-0.25, -0.2) is 4.98 Å². The Kier molecular flexibility index (Phi) is 3.63. The predicted molar refractivity (Wildman–Crippen MR) is 73.2 cm³/mol. The molecule has 98 valence electrons.